The van der Waals surface area contributed by atoms with Crippen molar-refractivity contribution in [1.29, 1.82) is 0 Å². The number of anilines is 1. The number of benzene rings is 3. The number of fused-ring (bicyclic) bond motifs is 1. The molecule has 3 aromatic carbocycles. The summed E-state index contributed by atoms with van der Waals surface area (Å²) >= 11 is 6.18. The quantitative estimate of drug-likeness (QED) is 0.387. The molecule has 0 atom stereocenters. The Labute approximate surface area is 199 Å². The zero-order chi connectivity index (χ0) is 23.3. The van der Waals surface area contributed by atoms with E-state index in [1.807, 2.05) is 72.5 Å². The standard InChI is InChI=1S/C25H20ClN7O/c1-33-22-8-5-15(11-16(22)14-27-33)20-7-6-19(13-21(20)23-29-31-32-30-23)28-24(34)25(9-10-25)17-3-2-4-18(26)12-17/h2-8,11-14H,9-10H2,1H3,(H,28,34)(H,29,30,31,32). The van der Waals surface area contributed by atoms with Crippen molar-refractivity contribution in [3.63, 3.8) is 0 Å². The van der Waals surface area contributed by atoms with Crippen LogP contribution in [0.25, 0.3) is 33.4 Å². The minimum atomic E-state index is -0.540. The van der Waals surface area contributed by atoms with Crippen LogP contribution in [0.4, 0.5) is 5.69 Å². The first-order valence-corrected chi connectivity index (χ1v) is 11.3. The van der Waals surface area contributed by atoms with Crippen molar-refractivity contribution in [2.45, 2.75) is 18.3 Å². The fourth-order valence-electron chi connectivity index (χ4n) is 4.47. The highest BCUT2D eigenvalue weighted by molar-refractivity contribution is 6.30. The number of aromatic amines is 1. The molecule has 1 saturated carbocycles. The highest BCUT2D eigenvalue weighted by Crippen LogP contribution is 2.49. The Balaban J connectivity index is 1.37. The van der Waals surface area contributed by atoms with Gasteiger partial charge in [-0.3, -0.25) is 9.48 Å². The molecule has 0 unspecified atom stereocenters. The lowest BCUT2D eigenvalue weighted by molar-refractivity contribution is -0.118. The van der Waals surface area contributed by atoms with Crippen molar-refractivity contribution in [3.05, 3.63) is 77.4 Å². The first kappa shape index (κ1) is 20.6. The number of carbonyl (C=O) groups excluding carboxylic acids is 1. The second-order valence-electron chi connectivity index (χ2n) is 8.58. The van der Waals surface area contributed by atoms with Gasteiger partial charge in [-0.1, -0.05) is 35.9 Å². The Bertz CT molecular complexity index is 1540. The van der Waals surface area contributed by atoms with Gasteiger partial charge in [-0.05, 0) is 71.1 Å². The molecule has 0 saturated heterocycles. The van der Waals surface area contributed by atoms with Gasteiger partial charge in [0.2, 0.25) is 11.7 Å². The second kappa shape index (κ2) is 7.78. The fourth-order valence-corrected chi connectivity index (χ4v) is 4.66. The molecule has 34 heavy (non-hydrogen) atoms. The molecule has 1 amide bonds. The van der Waals surface area contributed by atoms with Crippen LogP contribution >= 0.6 is 11.6 Å². The van der Waals surface area contributed by atoms with E-state index in [0.717, 1.165) is 46.0 Å². The van der Waals surface area contributed by atoms with Gasteiger partial charge in [-0.15, -0.1) is 10.2 Å². The molecule has 6 rings (SSSR count). The van der Waals surface area contributed by atoms with Crippen LogP contribution in [-0.2, 0) is 17.3 Å². The number of hydrogen-bond donors (Lipinski definition) is 2. The summed E-state index contributed by atoms with van der Waals surface area (Å²) in [5.41, 5.74) is 4.81. The highest BCUT2D eigenvalue weighted by atomic mass is 35.5. The summed E-state index contributed by atoms with van der Waals surface area (Å²) in [5.74, 6) is 0.409. The number of nitrogens with zero attached hydrogens (tertiary/aromatic N) is 5. The molecule has 8 nitrogen and oxygen atoms in total. The zero-order valence-electron chi connectivity index (χ0n) is 18.3. The third-order valence-electron chi connectivity index (χ3n) is 6.48. The maximum Gasteiger partial charge on any atom is 0.235 e. The monoisotopic (exact) mass is 469 g/mol. The number of carbonyl (C=O) groups is 1. The molecule has 2 heterocycles. The number of hydrogen-bond acceptors (Lipinski definition) is 5. The molecule has 0 radical (unpaired) electrons. The van der Waals surface area contributed by atoms with Gasteiger partial charge < -0.3 is 5.32 Å². The van der Waals surface area contributed by atoms with E-state index < -0.39 is 5.41 Å². The van der Waals surface area contributed by atoms with E-state index >= 15 is 0 Å². The van der Waals surface area contributed by atoms with Gasteiger partial charge in [0.05, 0.1) is 17.1 Å². The van der Waals surface area contributed by atoms with Gasteiger partial charge in [0.1, 0.15) is 0 Å². The third kappa shape index (κ3) is 3.43. The predicted octanol–water partition coefficient (Wildman–Crippen LogP) is 4.74. The molecule has 2 N–H and O–H groups in total. The number of nitrogens with one attached hydrogen (secondary N) is 2. The number of H-pyrrole nitrogens is 1. The van der Waals surface area contributed by atoms with E-state index in [2.05, 4.69) is 37.1 Å². The lowest BCUT2D eigenvalue weighted by Crippen LogP contribution is -2.27. The predicted molar refractivity (Wildman–Crippen MR) is 130 cm³/mol. The summed E-state index contributed by atoms with van der Waals surface area (Å²) in [5, 5.41) is 23.7. The summed E-state index contributed by atoms with van der Waals surface area (Å²) in [6.45, 7) is 0. The van der Waals surface area contributed by atoms with Gasteiger partial charge in [0, 0.05) is 28.7 Å². The van der Waals surface area contributed by atoms with Gasteiger partial charge in [0.25, 0.3) is 0 Å². The molecule has 2 aromatic heterocycles. The number of halogens is 1. The lowest BCUT2D eigenvalue weighted by atomic mass is 9.94. The SMILES string of the molecule is Cn1ncc2cc(-c3ccc(NC(=O)C4(c5cccc(Cl)c5)CC4)cc3-c3nn[nH]n3)ccc21. The molecule has 1 aliphatic rings. The average Bonchev–Trinajstić information content (AvgIpc) is 3.32. The minimum Gasteiger partial charge on any atom is -0.325 e. The highest BCUT2D eigenvalue weighted by Gasteiger charge is 2.51. The van der Waals surface area contributed by atoms with Crippen molar-refractivity contribution >= 4 is 34.1 Å². The minimum absolute atomic E-state index is 0.0432. The summed E-state index contributed by atoms with van der Waals surface area (Å²) in [4.78, 5) is 13.3. The smallest absolute Gasteiger partial charge is 0.235 e. The van der Waals surface area contributed by atoms with Crippen LogP contribution in [-0.4, -0.2) is 36.3 Å². The Morgan fingerprint density at radius 3 is 2.74 bits per heavy atom. The van der Waals surface area contributed by atoms with Gasteiger partial charge in [0.15, 0.2) is 0 Å². The van der Waals surface area contributed by atoms with Crippen molar-refractivity contribution in [2.24, 2.45) is 7.05 Å². The number of rotatable bonds is 5. The molecular formula is C25H20ClN7O. The van der Waals surface area contributed by atoms with Gasteiger partial charge >= 0.3 is 0 Å². The van der Waals surface area contributed by atoms with Crippen LogP contribution in [0, 0.1) is 0 Å². The van der Waals surface area contributed by atoms with Crippen LogP contribution in [0.5, 0.6) is 0 Å². The van der Waals surface area contributed by atoms with E-state index in [0.29, 0.717) is 16.5 Å². The first-order valence-electron chi connectivity index (χ1n) is 10.9. The van der Waals surface area contributed by atoms with Crippen molar-refractivity contribution in [3.8, 4) is 22.5 Å². The van der Waals surface area contributed by atoms with Gasteiger partial charge in [-0.2, -0.15) is 10.3 Å². The van der Waals surface area contributed by atoms with Crippen LogP contribution in [0.2, 0.25) is 5.02 Å². The number of aromatic nitrogens is 6. The maximum absolute atomic E-state index is 13.3. The largest absolute Gasteiger partial charge is 0.325 e. The molecule has 5 aromatic rings. The Morgan fingerprint density at radius 2 is 1.97 bits per heavy atom. The summed E-state index contributed by atoms with van der Waals surface area (Å²) < 4.78 is 1.84. The number of aryl methyl sites for hydroxylation is 1. The van der Waals surface area contributed by atoms with E-state index in [1.54, 1.807) is 0 Å². The molecule has 0 spiro atoms. The van der Waals surface area contributed by atoms with E-state index in [4.69, 9.17) is 11.6 Å². The van der Waals surface area contributed by atoms with E-state index in [-0.39, 0.29) is 5.91 Å². The van der Waals surface area contributed by atoms with Crippen molar-refractivity contribution < 1.29 is 4.79 Å². The summed E-state index contributed by atoms with van der Waals surface area (Å²) in [7, 11) is 1.92. The van der Waals surface area contributed by atoms with Crippen molar-refractivity contribution in [2.75, 3.05) is 5.32 Å². The van der Waals surface area contributed by atoms with Crippen LogP contribution in [0.1, 0.15) is 18.4 Å². The third-order valence-corrected chi connectivity index (χ3v) is 6.72. The van der Waals surface area contributed by atoms with Crippen LogP contribution < -0.4 is 5.32 Å². The normalized spacial score (nSPS) is 14.3. The summed E-state index contributed by atoms with van der Waals surface area (Å²) in [6.07, 6.45) is 3.42. The van der Waals surface area contributed by atoms with Crippen LogP contribution in [0.15, 0.2) is 66.9 Å². The van der Waals surface area contributed by atoms with Gasteiger partial charge in [-0.25, -0.2) is 0 Å². The van der Waals surface area contributed by atoms with E-state index in [9.17, 15) is 4.79 Å². The summed E-state index contributed by atoms with van der Waals surface area (Å²) in [6, 6.07) is 19.4. The second-order valence-corrected chi connectivity index (χ2v) is 9.02. The number of amides is 1. The Morgan fingerprint density at radius 1 is 1.09 bits per heavy atom. The Kier molecular flexibility index (Phi) is 4.70. The molecule has 9 heteroatoms. The maximum atomic E-state index is 13.3. The molecule has 168 valence electrons. The molecule has 1 aliphatic carbocycles. The topological polar surface area (TPSA) is 101 Å². The average molecular weight is 470 g/mol. The molecule has 0 aliphatic heterocycles. The lowest BCUT2D eigenvalue weighted by Gasteiger charge is -2.17. The van der Waals surface area contributed by atoms with Crippen molar-refractivity contribution in [1.82, 2.24) is 30.4 Å². The molecular weight excluding hydrogens is 450 g/mol. The zero-order valence-corrected chi connectivity index (χ0v) is 19.0. The molecule has 0 bridgehead atoms. The first-order chi connectivity index (χ1) is 16.5. The fraction of sp³-hybridized carbons (Fsp3) is 0.160. The molecule has 1 fully saturated rings. The Hall–Kier alpha value is -4.04. The number of tetrazole rings is 1. The van der Waals surface area contributed by atoms with E-state index in [1.165, 1.54) is 0 Å². The van der Waals surface area contributed by atoms with Crippen LogP contribution in [0.3, 0.4) is 0 Å².